The number of hydrogen-bond donors (Lipinski definition) is 1. The maximum atomic E-state index is 12.8. The highest BCUT2D eigenvalue weighted by Crippen LogP contribution is 2.33. The molecule has 1 atom stereocenters. The van der Waals surface area contributed by atoms with Gasteiger partial charge in [0.1, 0.15) is 10.3 Å². The molecule has 1 amide bonds. The normalized spacial score (nSPS) is 18.4. The fourth-order valence-corrected chi connectivity index (χ4v) is 6.64. The van der Waals surface area contributed by atoms with Gasteiger partial charge in [-0.15, -0.1) is 11.3 Å². The van der Waals surface area contributed by atoms with Gasteiger partial charge in [-0.1, -0.05) is 17.7 Å². The second-order valence-electron chi connectivity index (χ2n) is 5.80. The first-order valence-corrected chi connectivity index (χ1v) is 11.1. The van der Waals surface area contributed by atoms with Crippen LogP contribution < -0.4 is 5.32 Å². The molecule has 2 aromatic rings. The van der Waals surface area contributed by atoms with Crippen molar-refractivity contribution in [3.63, 3.8) is 0 Å². The van der Waals surface area contributed by atoms with Gasteiger partial charge < -0.3 is 5.32 Å². The number of anilines is 1. The summed E-state index contributed by atoms with van der Waals surface area (Å²) in [5.74, 6) is -0.326. The lowest BCUT2D eigenvalue weighted by Crippen LogP contribution is -2.42. The Balaban J connectivity index is 1.82. The summed E-state index contributed by atoms with van der Waals surface area (Å²) in [5.41, 5.74) is 1.68. The zero-order valence-electron chi connectivity index (χ0n) is 13.3. The van der Waals surface area contributed by atoms with Crippen LogP contribution in [0, 0.1) is 6.92 Å². The van der Waals surface area contributed by atoms with Gasteiger partial charge in [0, 0.05) is 11.0 Å². The van der Waals surface area contributed by atoms with Crippen molar-refractivity contribution in [2.24, 2.45) is 0 Å². The van der Waals surface area contributed by atoms with Crippen LogP contribution in [0.15, 0.2) is 39.0 Å². The van der Waals surface area contributed by atoms with Crippen LogP contribution >= 0.6 is 38.9 Å². The maximum absolute atomic E-state index is 12.8. The standard InChI is InChI=1S/C16H16BrClN2O3S2/c1-10-4-5-12(11(17)9-10)19-16(21)13-3-2-8-20(13)25(22,23)15-7-6-14(18)24-15/h4-7,9,13H,2-3,8H2,1H3,(H,19,21)/t13-/m1/s1. The quantitative estimate of drug-likeness (QED) is 0.736. The minimum atomic E-state index is -3.73. The first kappa shape index (κ1) is 18.8. The number of carbonyl (C=O) groups is 1. The molecule has 0 spiro atoms. The highest BCUT2D eigenvalue weighted by Gasteiger charge is 2.40. The predicted octanol–water partition coefficient (Wildman–Crippen LogP) is 4.26. The van der Waals surface area contributed by atoms with Crippen molar-refractivity contribution < 1.29 is 13.2 Å². The number of rotatable bonds is 4. The topological polar surface area (TPSA) is 66.5 Å². The minimum absolute atomic E-state index is 0.161. The monoisotopic (exact) mass is 462 g/mol. The van der Waals surface area contributed by atoms with E-state index in [2.05, 4.69) is 21.2 Å². The predicted molar refractivity (Wildman–Crippen MR) is 104 cm³/mol. The molecule has 1 fully saturated rings. The van der Waals surface area contributed by atoms with Gasteiger partial charge in [0.2, 0.25) is 5.91 Å². The maximum Gasteiger partial charge on any atom is 0.253 e. The molecule has 2 heterocycles. The smallest absolute Gasteiger partial charge is 0.253 e. The van der Waals surface area contributed by atoms with Crippen molar-refractivity contribution in [3.05, 3.63) is 44.7 Å². The first-order chi connectivity index (χ1) is 11.8. The highest BCUT2D eigenvalue weighted by molar-refractivity contribution is 9.10. The van der Waals surface area contributed by atoms with Crippen LogP contribution in [0.3, 0.4) is 0 Å². The van der Waals surface area contributed by atoms with E-state index in [1.54, 1.807) is 12.1 Å². The lowest BCUT2D eigenvalue weighted by Gasteiger charge is -2.23. The second kappa shape index (κ2) is 7.36. The van der Waals surface area contributed by atoms with E-state index < -0.39 is 16.1 Å². The number of amides is 1. The summed E-state index contributed by atoms with van der Waals surface area (Å²) in [4.78, 5) is 12.7. The number of carbonyl (C=O) groups excluding carboxylic acids is 1. The number of hydrogen-bond acceptors (Lipinski definition) is 4. The van der Waals surface area contributed by atoms with Crippen molar-refractivity contribution >= 4 is 60.5 Å². The molecule has 0 saturated carbocycles. The van der Waals surface area contributed by atoms with Gasteiger partial charge in [-0.3, -0.25) is 4.79 Å². The largest absolute Gasteiger partial charge is 0.324 e. The Hall–Kier alpha value is -0.930. The van der Waals surface area contributed by atoms with E-state index in [9.17, 15) is 13.2 Å². The molecule has 5 nitrogen and oxygen atoms in total. The average Bonchev–Trinajstić information content (AvgIpc) is 3.19. The zero-order valence-corrected chi connectivity index (χ0v) is 17.3. The van der Waals surface area contributed by atoms with Crippen molar-refractivity contribution in [1.29, 1.82) is 0 Å². The van der Waals surface area contributed by atoms with Crippen LogP contribution in [0.5, 0.6) is 0 Å². The molecule has 0 unspecified atom stereocenters. The summed E-state index contributed by atoms with van der Waals surface area (Å²) in [6.45, 7) is 2.28. The highest BCUT2D eigenvalue weighted by atomic mass is 79.9. The van der Waals surface area contributed by atoms with E-state index in [1.807, 2.05) is 19.1 Å². The Labute approximate surface area is 164 Å². The molecule has 134 valence electrons. The number of sulfonamides is 1. The van der Waals surface area contributed by atoms with Crippen LogP contribution in [0.2, 0.25) is 4.34 Å². The van der Waals surface area contributed by atoms with E-state index >= 15 is 0 Å². The van der Waals surface area contributed by atoms with Gasteiger partial charge in [0.05, 0.1) is 10.0 Å². The van der Waals surface area contributed by atoms with Gasteiger partial charge in [-0.25, -0.2) is 8.42 Å². The van der Waals surface area contributed by atoms with Crippen molar-refractivity contribution in [2.45, 2.75) is 30.0 Å². The number of nitrogens with zero attached hydrogens (tertiary/aromatic N) is 1. The molecule has 1 aromatic carbocycles. The average molecular weight is 464 g/mol. The van der Waals surface area contributed by atoms with E-state index in [1.165, 1.54) is 10.4 Å². The van der Waals surface area contributed by atoms with Crippen molar-refractivity contribution in [2.75, 3.05) is 11.9 Å². The van der Waals surface area contributed by atoms with E-state index in [-0.39, 0.29) is 10.1 Å². The second-order valence-corrected chi connectivity index (χ2v) is 10.5. The minimum Gasteiger partial charge on any atom is -0.324 e. The fourth-order valence-electron chi connectivity index (χ4n) is 2.78. The van der Waals surface area contributed by atoms with Crippen molar-refractivity contribution in [3.8, 4) is 0 Å². The Kier molecular flexibility index (Phi) is 5.55. The Morgan fingerprint density at radius 2 is 2.12 bits per heavy atom. The molecule has 3 rings (SSSR count). The molecule has 9 heteroatoms. The summed E-state index contributed by atoms with van der Waals surface area (Å²) in [7, 11) is -3.73. The van der Waals surface area contributed by atoms with Gasteiger partial charge in [0.25, 0.3) is 10.0 Å². The summed E-state index contributed by atoms with van der Waals surface area (Å²) in [5, 5.41) is 2.82. The lowest BCUT2D eigenvalue weighted by atomic mass is 10.2. The van der Waals surface area contributed by atoms with Crippen LogP contribution in [-0.2, 0) is 14.8 Å². The zero-order chi connectivity index (χ0) is 18.2. The molecular weight excluding hydrogens is 448 g/mol. The first-order valence-electron chi connectivity index (χ1n) is 7.63. The molecular formula is C16H16BrClN2O3S2. The summed E-state index contributed by atoms with van der Waals surface area (Å²) < 4.78 is 28.2. The van der Waals surface area contributed by atoms with Crippen LogP contribution in [0.1, 0.15) is 18.4 Å². The molecule has 1 aliphatic rings. The van der Waals surface area contributed by atoms with E-state index in [0.29, 0.717) is 29.4 Å². The molecule has 0 radical (unpaired) electrons. The Morgan fingerprint density at radius 3 is 2.76 bits per heavy atom. The van der Waals surface area contributed by atoms with Crippen molar-refractivity contribution in [1.82, 2.24) is 4.31 Å². The molecule has 1 saturated heterocycles. The molecule has 0 bridgehead atoms. The van der Waals surface area contributed by atoms with Crippen LogP contribution in [0.25, 0.3) is 0 Å². The summed E-state index contributed by atoms with van der Waals surface area (Å²) in [6.07, 6.45) is 1.14. The molecule has 25 heavy (non-hydrogen) atoms. The van der Waals surface area contributed by atoms with Crippen LogP contribution in [0.4, 0.5) is 5.69 Å². The lowest BCUT2D eigenvalue weighted by molar-refractivity contribution is -0.119. The van der Waals surface area contributed by atoms with E-state index in [0.717, 1.165) is 21.4 Å². The van der Waals surface area contributed by atoms with Gasteiger partial charge in [0.15, 0.2) is 0 Å². The number of aryl methyl sites for hydroxylation is 1. The number of thiophene rings is 1. The number of halogens is 2. The van der Waals surface area contributed by atoms with Crippen LogP contribution in [-0.4, -0.2) is 31.2 Å². The van der Waals surface area contributed by atoms with Gasteiger partial charge >= 0.3 is 0 Å². The number of benzene rings is 1. The van der Waals surface area contributed by atoms with Gasteiger partial charge in [-0.05, 0) is 65.5 Å². The third kappa shape index (κ3) is 3.93. The third-order valence-electron chi connectivity index (χ3n) is 4.00. The number of nitrogens with one attached hydrogen (secondary N) is 1. The Bertz CT molecular complexity index is 914. The SMILES string of the molecule is Cc1ccc(NC(=O)[C@H]2CCCN2S(=O)(=O)c2ccc(Cl)s2)c(Br)c1. The van der Waals surface area contributed by atoms with E-state index in [4.69, 9.17) is 11.6 Å². The summed E-state index contributed by atoms with van der Waals surface area (Å²) >= 11 is 10.3. The summed E-state index contributed by atoms with van der Waals surface area (Å²) in [6, 6.07) is 7.88. The third-order valence-corrected chi connectivity index (χ3v) is 8.26. The van der Waals surface area contributed by atoms with Gasteiger partial charge in [-0.2, -0.15) is 4.31 Å². The fraction of sp³-hybridized carbons (Fsp3) is 0.312. The Morgan fingerprint density at radius 1 is 1.36 bits per heavy atom. The molecule has 0 aliphatic carbocycles. The molecule has 1 aliphatic heterocycles. The molecule has 1 aromatic heterocycles. The molecule has 1 N–H and O–H groups in total.